The normalized spacial score (nSPS) is 30.5. The van der Waals surface area contributed by atoms with Crippen LogP contribution in [-0.2, 0) is 10.0 Å². The van der Waals surface area contributed by atoms with Gasteiger partial charge in [0.25, 0.3) is 0 Å². The van der Waals surface area contributed by atoms with Gasteiger partial charge in [0.05, 0.1) is 6.10 Å². The van der Waals surface area contributed by atoms with E-state index in [2.05, 4.69) is 0 Å². The first-order valence-electron chi connectivity index (χ1n) is 4.40. The van der Waals surface area contributed by atoms with Gasteiger partial charge in [0.1, 0.15) is 0 Å². The Labute approximate surface area is 85.7 Å². The zero-order valence-electron chi connectivity index (χ0n) is 8.03. The first-order chi connectivity index (χ1) is 6.66. The summed E-state index contributed by atoms with van der Waals surface area (Å²) < 4.78 is 58.8. The molecule has 0 aromatic heterocycles. The maximum Gasteiger partial charge on any atom is 0.511 e. The Bertz CT molecular complexity index is 327. The zero-order valence-corrected chi connectivity index (χ0v) is 8.85. The molecule has 1 fully saturated rings. The smallest absolute Gasteiger partial charge is 0.393 e. The van der Waals surface area contributed by atoms with Crippen molar-refractivity contribution in [3.63, 3.8) is 0 Å². The molecular weight excluding hydrogens is 235 g/mol. The van der Waals surface area contributed by atoms with Crippen LogP contribution < -0.4 is 0 Å². The first-order valence-corrected chi connectivity index (χ1v) is 5.84. The fourth-order valence-electron chi connectivity index (χ4n) is 1.46. The Morgan fingerprint density at radius 3 is 2.33 bits per heavy atom. The third-order valence-electron chi connectivity index (χ3n) is 2.46. The Kier molecular flexibility index (Phi) is 3.32. The number of sulfonamides is 1. The van der Waals surface area contributed by atoms with E-state index in [1.165, 1.54) is 6.92 Å². The molecule has 0 radical (unpaired) electrons. The van der Waals surface area contributed by atoms with E-state index in [9.17, 15) is 26.7 Å². The van der Waals surface area contributed by atoms with Gasteiger partial charge in [-0.1, -0.05) is 6.92 Å². The molecule has 90 valence electrons. The average Bonchev–Trinajstić information content (AvgIpc) is 2.07. The van der Waals surface area contributed by atoms with Crippen molar-refractivity contribution in [2.75, 3.05) is 13.1 Å². The lowest BCUT2D eigenvalue weighted by molar-refractivity contribution is -0.0517. The molecule has 0 aromatic rings. The minimum absolute atomic E-state index is 0.0382. The fourth-order valence-corrected chi connectivity index (χ4v) is 2.53. The van der Waals surface area contributed by atoms with Crippen LogP contribution in [0.25, 0.3) is 0 Å². The van der Waals surface area contributed by atoms with Crippen LogP contribution in [0.4, 0.5) is 13.2 Å². The van der Waals surface area contributed by atoms with Crippen LogP contribution in [0.3, 0.4) is 0 Å². The molecule has 1 rings (SSSR count). The van der Waals surface area contributed by atoms with E-state index in [1.807, 2.05) is 0 Å². The molecule has 2 atom stereocenters. The van der Waals surface area contributed by atoms with Gasteiger partial charge in [0.15, 0.2) is 0 Å². The molecule has 0 amide bonds. The number of hydrogen-bond donors (Lipinski definition) is 1. The second kappa shape index (κ2) is 3.91. The molecule has 1 heterocycles. The summed E-state index contributed by atoms with van der Waals surface area (Å²) in [5.41, 5.74) is -5.25. The lowest BCUT2D eigenvalue weighted by atomic mass is 9.99. The largest absolute Gasteiger partial charge is 0.511 e. The summed E-state index contributed by atoms with van der Waals surface area (Å²) in [6.07, 6.45) is -0.694. The summed E-state index contributed by atoms with van der Waals surface area (Å²) in [5, 5.41) is 9.26. The van der Waals surface area contributed by atoms with Gasteiger partial charge in [-0.2, -0.15) is 17.5 Å². The highest BCUT2D eigenvalue weighted by Gasteiger charge is 2.51. The van der Waals surface area contributed by atoms with Crippen LogP contribution in [-0.4, -0.2) is 42.5 Å². The summed E-state index contributed by atoms with van der Waals surface area (Å²) in [6.45, 7) is 0.944. The number of hydrogen-bond acceptors (Lipinski definition) is 3. The minimum Gasteiger partial charge on any atom is -0.393 e. The van der Waals surface area contributed by atoms with E-state index >= 15 is 0 Å². The predicted molar refractivity (Wildman–Crippen MR) is 46.3 cm³/mol. The summed E-state index contributed by atoms with van der Waals surface area (Å²) in [6, 6.07) is 0. The van der Waals surface area contributed by atoms with Gasteiger partial charge in [-0.05, 0) is 12.3 Å². The number of nitrogens with zero attached hydrogens (tertiary/aromatic N) is 1. The third-order valence-corrected chi connectivity index (χ3v) is 4.05. The quantitative estimate of drug-likeness (QED) is 0.735. The van der Waals surface area contributed by atoms with E-state index in [4.69, 9.17) is 0 Å². The van der Waals surface area contributed by atoms with Crippen LogP contribution in [0.2, 0.25) is 0 Å². The van der Waals surface area contributed by atoms with E-state index < -0.39 is 27.6 Å². The van der Waals surface area contributed by atoms with Gasteiger partial charge < -0.3 is 5.11 Å². The van der Waals surface area contributed by atoms with Crippen molar-refractivity contribution in [3.05, 3.63) is 0 Å². The molecule has 1 N–H and O–H groups in total. The van der Waals surface area contributed by atoms with Gasteiger partial charge in [0.2, 0.25) is 0 Å². The first kappa shape index (κ1) is 12.7. The molecule has 0 spiro atoms. The Balaban J connectivity index is 2.83. The molecular formula is C7H12F3NO3S. The van der Waals surface area contributed by atoms with Crippen molar-refractivity contribution >= 4 is 10.0 Å². The maximum absolute atomic E-state index is 12.2. The van der Waals surface area contributed by atoms with Gasteiger partial charge in [-0.15, -0.1) is 0 Å². The second-order valence-electron chi connectivity index (χ2n) is 3.64. The molecule has 4 nitrogen and oxygen atoms in total. The topological polar surface area (TPSA) is 57.6 Å². The Morgan fingerprint density at radius 1 is 1.40 bits per heavy atom. The van der Waals surface area contributed by atoms with E-state index in [0.29, 0.717) is 4.31 Å². The fraction of sp³-hybridized carbons (Fsp3) is 1.00. The Morgan fingerprint density at radius 2 is 1.93 bits per heavy atom. The summed E-state index contributed by atoms with van der Waals surface area (Å²) in [4.78, 5) is 0. The highest BCUT2D eigenvalue weighted by molar-refractivity contribution is 7.90. The zero-order chi connectivity index (χ0) is 11.9. The van der Waals surface area contributed by atoms with Crippen molar-refractivity contribution < 1.29 is 26.7 Å². The highest BCUT2D eigenvalue weighted by Crippen LogP contribution is 2.30. The van der Waals surface area contributed by atoms with Crippen molar-refractivity contribution in [2.24, 2.45) is 5.92 Å². The molecule has 0 aliphatic carbocycles. The van der Waals surface area contributed by atoms with Gasteiger partial charge in [0, 0.05) is 13.1 Å². The number of piperidine rings is 1. The number of aliphatic hydroxyl groups is 1. The number of alkyl halides is 3. The molecule has 8 heteroatoms. The molecule has 1 saturated heterocycles. The van der Waals surface area contributed by atoms with Gasteiger partial charge in [-0.3, -0.25) is 0 Å². The van der Waals surface area contributed by atoms with E-state index in [1.54, 1.807) is 0 Å². The average molecular weight is 247 g/mol. The van der Waals surface area contributed by atoms with Gasteiger partial charge >= 0.3 is 15.5 Å². The van der Waals surface area contributed by atoms with Crippen molar-refractivity contribution in [3.8, 4) is 0 Å². The monoisotopic (exact) mass is 247 g/mol. The molecule has 0 saturated carbocycles. The summed E-state index contributed by atoms with van der Waals surface area (Å²) in [5.74, 6) is -0.476. The second-order valence-corrected chi connectivity index (χ2v) is 5.57. The molecule has 1 aliphatic heterocycles. The SMILES string of the molecule is CC1CN(S(=O)(=O)C(F)(F)F)CCC1O. The Hall–Kier alpha value is -0.340. The van der Waals surface area contributed by atoms with E-state index in [0.717, 1.165) is 0 Å². The van der Waals surface area contributed by atoms with Crippen molar-refractivity contribution in [1.29, 1.82) is 0 Å². The molecule has 15 heavy (non-hydrogen) atoms. The standard InChI is InChI=1S/C7H12F3NO3S/c1-5-4-11(3-2-6(5)12)15(13,14)7(8,9)10/h5-6,12H,2-4H2,1H3. The minimum atomic E-state index is -5.25. The van der Waals surface area contributed by atoms with Crippen LogP contribution >= 0.6 is 0 Å². The van der Waals surface area contributed by atoms with Crippen LogP contribution in [0.1, 0.15) is 13.3 Å². The molecule has 2 unspecified atom stereocenters. The summed E-state index contributed by atoms with van der Waals surface area (Å²) >= 11 is 0. The predicted octanol–water partition coefficient (Wildman–Crippen LogP) is 0.539. The van der Waals surface area contributed by atoms with Crippen LogP contribution in [0, 0.1) is 5.92 Å². The van der Waals surface area contributed by atoms with Gasteiger partial charge in [-0.25, -0.2) is 8.42 Å². The maximum atomic E-state index is 12.2. The van der Waals surface area contributed by atoms with Crippen LogP contribution in [0.15, 0.2) is 0 Å². The number of rotatable bonds is 1. The van der Waals surface area contributed by atoms with Crippen molar-refractivity contribution in [1.82, 2.24) is 4.31 Å². The van der Waals surface area contributed by atoms with E-state index in [-0.39, 0.29) is 19.5 Å². The lowest BCUT2D eigenvalue weighted by Crippen LogP contribution is -2.49. The molecule has 0 bridgehead atoms. The highest BCUT2D eigenvalue weighted by atomic mass is 32.2. The molecule has 0 aromatic carbocycles. The van der Waals surface area contributed by atoms with Crippen molar-refractivity contribution in [2.45, 2.75) is 25.0 Å². The summed E-state index contributed by atoms with van der Waals surface area (Å²) in [7, 11) is -5.23. The van der Waals surface area contributed by atoms with Crippen LogP contribution in [0.5, 0.6) is 0 Å². The third kappa shape index (κ3) is 2.43. The molecule has 1 aliphatic rings. The lowest BCUT2D eigenvalue weighted by Gasteiger charge is -2.33. The number of aliphatic hydroxyl groups excluding tert-OH is 1. The number of halogens is 3.